The summed E-state index contributed by atoms with van der Waals surface area (Å²) in [4.78, 5) is 10.9. The molecule has 1 saturated carbocycles. The number of thiophene rings is 1. The van der Waals surface area contributed by atoms with Crippen LogP contribution in [-0.2, 0) is 10.0 Å². The van der Waals surface area contributed by atoms with Crippen molar-refractivity contribution < 1.29 is 18.3 Å². The molecular formula is C13H19NO4S2. The average Bonchev–Trinajstić information content (AvgIpc) is 2.78. The van der Waals surface area contributed by atoms with Gasteiger partial charge in [-0.2, -0.15) is 0 Å². The van der Waals surface area contributed by atoms with Crippen molar-refractivity contribution in [3.63, 3.8) is 0 Å². The van der Waals surface area contributed by atoms with Gasteiger partial charge in [-0.15, -0.1) is 11.3 Å². The second kappa shape index (κ2) is 6.24. The summed E-state index contributed by atoms with van der Waals surface area (Å²) in [5.74, 6) is -0.455. The molecule has 7 heteroatoms. The second-order valence-electron chi connectivity index (χ2n) is 5.38. The maximum absolute atomic E-state index is 12.2. The predicted octanol–water partition coefficient (Wildman–Crippen LogP) is 2.69. The number of hydrogen-bond donors (Lipinski definition) is 2. The third-order valence-corrected chi connectivity index (χ3v) is 6.24. The van der Waals surface area contributed by atoms with Gasteiger partial charge in [-0.3, -0.25) is 0 Å². The van der Waals surface area contributed by atoms with Crippen LogP contribution in [0.25, 0.3) is 0 Å². The van der Waals surface area contributed by atoms with Crippen LogP contribution in [0.2, 0.25) is 0 Å². The highest BCUT2D eigenvalue weighted by atomic mass is 32.2. The van der Waals surface area contributed by atoms with Crippen LogP contribution in [0.1, 0.15) is 48.7 Å². The van der Waals surface area contributed by atoms with E-state index >= 15 is 0 Å². The largest absolute Gasteiger partial charge is 0.477 e. The normalized spacial score (nSPS) is 24.2. The molecule has 1 aliphatic carbocycles. The molecule has 0 radical (unpaired) electrons. The molecule has 20 heavy (non-hydrogen) atoms. The first-order valence-corrected chi connectivity index (χ1v) is 9.09. The summed E-state index contributed by atoms with van der Waals surface area (Å²) in [6, 6.07) is 1.17. The van der Waals surface area contributed by atoms with Crippen LogP contribution in [0.15, 0.2) is 16.3 Å². The van der Waals surface area contributed by atoms with E-state index in [1.54, 1.807) is 0 Å². The molecule has 1 aromatic rings. The summed E-state index contributed by atoms with van der Waals surface area (Å²) >= 11 is 0.932. The maximum atomic E-state index is 12.2. The summed E-state index contributed by atoms with van der Waals surface area (Å²) in [7, 11) is -3.61. The lowest BCUT2D eigenvalue weighted by Crippen LogP contribution is -2.34. The standard InChI is InChI=1S/C13H19NO4S2/c1-9-3-2-4-10(6-5-9)14-20(17,18)11-7-12(13(15)16)19-8-11/h7-10,14H,2-6H2,1H3,(H,15,16). The molecule has 0 aromatic carbocycles. The van der Waals surface area contributed by atoms with E-state index in [9.17, 15) is 13.2 Å². The zero-order chi connectivity index (χ0) is 14.8. The molecule has 2 rings (SSSR count). The van der Waals surface area contributed by atoms with Crippen LogP contribution in [0, 0.1) is 5.92 Å². The van der Waals surface area contributed by atoms with E-state index in [0.717, 1.165) is 43.4 Å². The van der Waals surface area contributed by atoms with Gasteiger partial charge in [0.2, 0.25) is 10.0 Å². The second-order valence-corrected chi connectivity index (χ2v) is 8.01. The summed E-state index contributed by atoms with van der Waals surface area (Å²) in [6.07, 6.45) is 4.88. The van der Waals surface area contributed by atoms with Gasteiger partial charge in [-0.05, 0) is 31.2 Å². The molecule has 1 heterocycles. The summed E-state index contributed by atoms with van der Waals surface area (Å²) in [5, 5.41) is 10.2. The van der Waals surface area contributed by atoms with E-state index in [4.69, 9.17) is 5.11 Å². The Bertz CT molecular complexity index is 579. The highest BCUT2D eigenvalue weighted by Gasteiger charge is 2.24. The molecule has 0 bridgehead atoms. The number of carbonyl (C=O) groups is 1. The number of rotatable bonds is 4. The highest BCUT2D eigenvalue weighted by Crippen LogP contribution is 2.25. The fourth-order valence-corrected chi connectivity index (χ4v) is 4.88. The Labute approximate surface area is 123 Å². The van der Waals surface area contributed by atoms with E-state index < -0.39 is 16.0 Å². The van der Waals surface area contributed by atoms with Gasteiger partial charge in [0.25, 0.3) is 0 Å². The Hall–Kier alpha value is -0.920. The van der Waals surface area contributed by atoms with Gasteiger partial charge in [-0.1, -0.05) is 19.8 Å². The number of aromatic carboxylic acids is 1. The molecule has 0 amide bonds. The number of hydrogen-bond acceptors (Lipinski definition) is 4. The van der Waals surface area contributed by atoms with Gasteiger partial charge >= 0.3 is 5.97 Å². The van der Waals surface area contributed by atoms with Gasteiger partial charge in [0.15, 0.2) is 0 Å². The minimum absolute atomic E-state index is 0.0415. The summed E-state index contributed by atoms with van der Waals surface area (Å²) in [5.41, 5.74) is 0. The molecule has 2 atom stereocenters. The van der Waals surface area contributed by atoms with Crippen molar-refractivity contribution in [2.45, 2.75) is 50.0 Å². The Balaban J connectivity index is 2.08. The van der Waals surface area contributed by atoms with Crippen LogP contribution in [-0.4, -0.2) is 25.5 Å². The van der Waals surface area contributed by atoms with Gasteiger partial charge < -0.3 is 5.11 Å². The molecule has 2 N–H and O–H groups in total. The molecule has 0 saturated heterocycles. The first-order valence-electron chi connectivity index (χ1n) is 6.72. The molecular weight excluding hydrogens is 298 g/mol. The van der Waals surface area contributed by atoms with Crippen molar-refractivity contribution in [3.05, 3.63) is 16.3 Å². The first kappa shape index (κ1) is 15.5. The van der Waals surface area contributed by atoms with E-state index in [-0.39, 0.29) is 15.8 Å². The number of nitrogens with one attached hydrogen (secondary N) is 1. The molecule has 1 fully saturated rings. The number of carboxylic acids is 1. The zero-order valence-electron chi connectivity index (χ0n) is 11.3. The van der Waals surface area contributed by atoms with Crippen molar-refractivity contribution in [2.75, 3.05) is 0 Å². The Morgan fingerprint density at radius 3 is 2.75 bits per heavy atom. The monoisotopic (exact) mass is 317 g/mol. The van der Waals surface area contributed by atoms with E-state index in [1.807, 2.05) is 0 Å². The van der Waals surface area contributed by atoms with Crippen molar-refractivity contribution in [1.82, 2.24) is 4.72 Å². The van der Waals surface area contributed by atoms with Crippen LogP contribution in [0.4, 0.5) is 0 Å². The minimum Gasteiger partial charge on any atom is -0.477 e. The van der Waals surface area contributed by atoms with Crippen molar-refractivity contribution in [1.29, 1.82) is 0 Å². The lowest BCUT2D eigenvalue weighted by atomic mass is 10.0. The predicted molar refractivity (Wildman–Crippen MR) is 77.6 cm³/mol. The van der Waals surface area contributed by atoms with Crippen molar-refractivity contribution in [3.8, 4) is 0 Å². The highest BCUT2D eigenvalue weighted by molar-refractivity contribution is 7.89. The van der Waals surface area contributed by atoms with E-state index in [0.29, 0.717) is 5.92 Å². The Kier molecular flexibility index (Phi) is 4.82. The molecule has 1 aliphatic rings. The minimum atomic E-state index is -3.61. The zero-order valence-corrected chi connectivity index (χ0v) is 13.0. The third kappa shape index (κ3) is 3.80. The molecule has 0 aliphatic heterocycles. The SMILES string of the molecule is CC1CCCC(NS(=O)(=O)c2csc(C(=O)O)c2)CC1. The first-order chi connectivity index (χ1) is 9.38. The molecule has 0 spiro atoms. The molecule has 5 nitrogen and oxygen atoms in total. The molecule has 2 unspecified atom stereocenters. The van der Waals surface area contributed by atoms with Gasteiger partial charge in [0.05, 0.1) is 4.90 Å². The lowest BCUT2D eigenvalue weighted by molar-refractivity contribution is 0.0702. The lowest BCUT2D eigenvalue weighted by Gasteiger charge is -2.15. The Morgan fingerprint density at radius 1 is 1.35 bits per heavy atom. The number of sulfonamides is 1. The smallest absolute Gasteiger partial charge is 0.345 e. The van der Waals surface area contributed by atoms with E-state index in [2.05, 4.69) is 11.6 Å². The van der Waals surface area contributed by atoms with Crippen LogP contribution < -0.4 is 4.72 Å². The van der Waals surface area contributed by atoms with Gasteiger partial charge in [0.1, 0.15) is 4.88 Å². The molecule has 112 valence electrons. The van der Waals surface area contributed by atoms with Crippen LogP contribution in [0.3, 0.4) is 0 Å². The van der Waals surface area contributed by atoms with Crippen molar-refractivity contribution in [2.24, 2.45) is 5.92 Å². The van der Waals surface area contributed by atoms with Crippen molar-refractivity contribution >= 4 is 27.3 Å². The van der Waals surface area contributed by atoms with E-state index in [1.165, 1.54) is 11.4 Å². The summed E-state index contributed by atoms with van der Waals surface area (Å²) in [6.45, 7) is 2.19. The summed E-state index contributed by atoms with van der Waals surface area (Å²) < 4.78 is 27.2. The fraction of sp³-hybridized carbons (Fsp3) is 0.615. The van der Waals surface area contributed by atoms with Gasteiger partial charge in [-0.25, -0.2) is 17.9 Å². The number of carboxylic acid groups (broad SMARTS) is 1. The average molecular weight is 317 g/mol. The van der Waals surface area contributed by atoms with Crippen LogP contribution >= 0.6 is 11.3 Å². The fourth-order valence-electron chi connectivity index (χ4n) is 2.46. The maximum Gasteiger partial charge on any atom is 0.345 e. The quantitative estimate of drug-likeness (QED) is 0.836. The third-order valence-electron chi connectivity index (χ3n) is 3.68. The van der Waals surface area contributed by atoms with Crippen LogP contribution in [0.5, 0.6) is 0 Å². The topological polar surface area (TPSA) is 83.5 Å². The molecule has 1 aromatic heterocycles. The Morgan fingerprint density at radius 2 is 2.10 bits per heavy atom. The van der Waals surface area contributed by atoms with Gasteiger partial charge in [0, 0.05) is 11.4 Å².